The topological polar surface area (TPSA) is 65.4 Å². The van der Waals surface area contributed by atoms with E-state index in [0.29, 0.717) is 18.7 Å². The van der Waals surface area contributed by atoms with Crippen LogP contribution in [0.5, 0.6) is 11.5 Å². The Kier molecular flexibility index (Phi) is 6.71. The summed E-state index contributed by atoms with van der Waals surface area (Å²) in [6, 6.07) is 14.8. The average Bonchev–Trinajstić information content (AvgIpc) is 3.11. The van der Waals surface area contributed by atoms with E-state index in [1.807, 2.05) is 54.2 Å². The number of carbonyl (C=O) groups is 1. The van der Waals surface area contributed by atoms with Crippen molar-refractivity contribution in [3.05, 3.63) is 76.0 Å². The van der Waals surface area contributed by atoms with Crippen molar-refractivity contribution in [1.82, 2.24) is 15.1 Å². The lowest BCUT2D eigenvalue weighted by atomic mass is 10.1. The monoisotopic (exact) mass is 443 g/mol. The normalized spacial score (nSPS) is 10.5. The van der Waals surface area contributed by atoms with Crippen LogP contribution < -0.4 is 14.8 Å². The number of rotatable bonds is 8. The number of benzene rings is 2. The van der Waals surface area contributed by atoms with Crippen molar-refractivity contribution in [2.45, 2.75) is 26.6 Å². The lowest BCUT2D eigenvalue weighted by Gasteiger charge is -2.08. The SMILES string of the molecule is CCn1cc(Br)c(CNC(=O)c2ccc(COc3ccc(OC)cc3)cc2)n1. The summed E-state index contributed by atoms with van der Waals surface area (Å²) in [5, 5.41) is 7.30. The third-order valence-electron chi connectivity index (χ3n) is 4.21. The minimum absolute atomic E-state index is 0.138. The third-order valence-corrected chi connectivity index (χ3v) is 4.87. The number of hydrogen-bond donors (Lipinski definition) is 1. The molecule has 2 aromatic carbocycles. The lowest BCUT2D eigenvalue weighted by Crippen LogP contribution is -2.23. The van der Waals surface area contributed by atoms with Crippen LogP contribution in [-0.4, -0.2) is 22.8 Å². The van der Waals surface area contributed by atoms with E-state index in [4.69, 9.17) is 9.47 Å². The van der Waals surface area contributed by atoms with Crippen LogP contribution in [0.2, 0.25) is 0 Å². The molecule has 3 rings (SSSR count). The molecule has 0 bridgehead atoms. The van der Waals surface area contributed by atoms with Gasteiger partial charge in [-0.1, -0.05) is 12.1 Å². The van der Waals surface area contributed by atoms with Gasteiger partial charge in [-0.15, -0.1) is 0 Å². The maximum Gasteiger partial charge on any atom is 0.251 e. The Morgan fingerprint density at radius 2 is 1.79 bits per heavy atom. The van der Waals surface area contributed by atoms with Crippen LogP contribution in [0.4, 0.5) is 0 Å². The molecule has 1 aromatic heterocycles. The summed E-state index contributed by atoms with van der Waals surface area (Å²) >= 11 is 3.46. The molecule has 0 saturated carbocycles. The Hall–Kier alpha value is -2.80. The highest BCUT2D eigenvalue weighted by Crippen LogP contribution is 2.18. The number of aryl methyl sites for hydroxylation is 1. The van der Waals surface area contributed by atoms with Crippen LogP contribution in [0.1, 0.15) is 28.5 Å². The molecule has 0 spiro atoms. The van der Waals surface area contributed by atoms with Crippen molar-refractivity contribution in [2.24, 2.45) is 0 Å². The van der Waals surface area contributed by atoms with Gasteiger partial charge in [-0.3, -0.25) is 9.48 Å². The van der Waals surface area contributed by atoms with Crippen LogP contribution in [-0.2, 0) is 19.7 Å². The molecule has 0 saturated heterocycles. The molecule has 0 unspecified atom stereocenters. The summed E-state index contributed by atoms with van der Waals surface area (Å²) in [7, 11) is 1.63. The van der Waals surface area contributed by atoms with Gasteiger partial charge in [0.25, 0.3) is 5.91 Å². The van der Waals surface area contributed by atoms with Crippen molar-refractivity contribution in [3.63, 3.8) is 0 Å². The van der Waals surface area contributed by atoms with Crippen molar-refractivity contribution < 1.29 is 14.3 Å². The molecule has 1 amide bonds. The van der Waals surface area contributed by atoms with E-state index in [-0.39, 0.29) is 5.91 Å². The maximum atomic E-state index is 12.4. The number of aromatic nitrogens is 2. The van der Waals surface area contributed by atoms with Gasteiger partial charge in [0.15, 0.2) is 0 Å². The van der Waals surface area contributed by atoms with E-state index >= 15 is 0 Å². The van der Waals surface area contributed by atoms with Gasteiger partial charge in [0.2, 0.25) is 0 Å². The molecule has 0 radical (unpaired) electrons. The van der Waals surface area contributed by atoms with Crippen molar-refractivity contribution in [2.75, 3.05) is 7.11 Å². The predicted molar refractivity (Wildman–Crippen MR) is 111 cm³/mol. The maximum absolute atomic E-state index is 12.4. The zero-order valence-electron chi connectivity index (χ0n) is 15.8. The summed E-state index contributed by atoms with van der Waals surface area (Å²) in [5.74, 6) is 1.41. The van der Waals surface area contributed by atoms with Gasteiger partial charge >= 0.3 is 0 Å². The van der Waals surface area contributed by atoms with Gasteiger partial charge in [0, 0.05) is 18.3 Å². The number of nitrogens with zero attached hydrogens (tertiary/aromatic N) is 2. The Balaban J connectivity index is 1.52. The molecule has 1 heterocycles. The van der Waals surface area contributed by atoms with Crippen LogP contribution in [0, 0.1) is 0 Å². The molecule has 0 aliphatic rings. The quantitative estimate of drug-likeness (QED) is 0.566. The second-order valence-electron chi connectivity index (χ2n) is 6.12. The van der Waals surface area contributed by atoms with Gasteiger partial charge in [0.1, 0.15) is 18.1 Å². The third kappa shape index (κ3) is 5.13. The molecule has 146 valence electrons. The zero-order chi connectivity index (χ0) is 19.9. The second-order valence-corrected chi connectivity index (χ2v) is 6.98. The number of nitrogens with one attached hydrogen (secondary N) is 1. The van der Waals surface area contributed by atoms with Gasteiger partial charge in [0.05, 0.1) is 23.8 Å². The Morgan fingerprint density at radius 3 is 2.39 bits per heavy atom. The first-order chi connectivity index (χ1) is 13.6. The highest BCUT2D eigenvalue weighted by Gasteiger charge is 2.10. The molecule has 0 aliphatic carbocycles. The van der Waals surface area contributed by atoms with Gasteiger partial charge in [-0.25, -0.2) is 0 Å². The van der Waals surface area contributed by atoms with Crippen molar-refractivity contribution in [3.8, 4) is 11.5 Å². The molecule has 28 heavy (non-hydrogen) atoms. The number of methoxy groups -OCH3 is 1. The lowest BCUT2D eigenvalue weighted by molar-refractivity contribution is 0.0950. The number of amides is 1. The summed E-state index contributed by atoms with van der Waals surface area (Å²) in [6.07, 6.45) is 1.90. The molecule has 7 heteroatoms. The molecular formula is C21H22BrN3O3. The molecule has 6 nitrogen and oxygen atoms in total. The van der Waals surface area contributed by atoms with Gasteiger partial charge < -0.3 is 14.8 Å². The van der Waals surface area contributed by atoms with E-state index in [1.54, 1.807) is 19.2 Å². The van der Waals surface area contributed by atoms with E-state index < -0.39 is 0 Å². The standard InChI is InChI=1S/C21H22BrN3O3/c1-3-25-13-19(22)20(24-25)12-23-21(26)16-6-4-15(5-7-16)14-28-18-10-8-17(27-2)9-11-18/h4-11,13H,3,12,14H2,1-2H3,(H,23,26). The summed E-state index contributed by atoms with van der Waals surface area (Å²) in [4.78, 5) is 12.4. The van der Waals surface area contributed by atoms with Crippen LogP contribution in [0.25, 0.3) is 0 Å². The summed E-state index contributed by atoms with van der Waals surface area (Å²) < 4.78 is 13.6. The van der Waals surface area contributed by atoms with Crippen LogP contribution >= 0.6 is 15.9 Å². The minimum atomic E-state index is -0.138. The van der Waals surface area contributed by atoms with E-state index in [9.17, 15) is 4.79 Å². The highest BCUT2D eigenvalue weighted by atomic mass is 79.9. The van der Waals surface area contributed by atoms with E-state index in [0.717, 1.165) is 33.8 Å². The zero-order valence-corrected chi connectivity index (χ0v) is 17.4. The Labute approximate surface area is 172 Å². The highest BCUT2D eigenvalue weighted by molar-refractivity contribution is 9.10. The number of halogens is 1. The molecule has 1 N–H and O–H groups in total. The van der Waals surface area contributed by atoms with Gasteiger partial charge in [-0.05, 0) is 64.8 Å². The second kappa shape index (κ2) is 9.41. The fraction of sp³-hybridized carbons (Fsp3) is 0.238. The molecule has 0 fully saturated rings. The van der Waals surface area contributed by atoms with E-state index in [2.05, 4.69) is 26.3 Å². The van der Waals surface area contributed by atoms with Crippen LogP contribution in [0.3, 0.4) is 0 Å². The number of hydrogen-bond acceptors (Lipinski definition) is 4. The van der Waals surface area contributed by atoms with Crippen molar-refractivity contribution in [1.29, 1.82) is 0 Å². The minimum Gasteiger partial charge on any atom is -0.497 e. The molecule has 0 atom stereocenters. The van der Waals surface area contributed by atoms with Gasteiger partial charge in [-0.2, -0.15) is 5.10 Å². The Bertz CT molecular complexity index is 921. The predicted octanol–water partition coefficient (Wildman–Crippen LogP) is 4.18. The fourth-order valence-electron chi connectivity index (χ4n) is 2.58. The molecule has 0 aliphatic heterocycles. The largest absolute Gasteiger partial charge is 0.497 e. The smallest absolute Gasteiger partial charge is 0.251 e. The fourth-order valence-corrected chi connectivity index (χ4v) is 3.03. The average molecular weight is 444 g/mol. The van der Waals surface area contributed by atoms with E-state index in [1.165, 1.54) is 0 Å². The van der Waals surface area contributed by atoms with Crippen molar-refractivity contribution >= 4 is 21.8 Å². The summed E-state index contributed by atoms with van der Waals surface area (Å²) in [6.45, 7) is 3.60. The number of ether oxygens (including phenoxy) is 2. The molecular weight excluding hydrogens is 422 g/mol. The Morgan fingerprint density at radius 1 is 1.11 bits per heavy atom. The number of carbonyl (C=O) groups excluding carboxylic acids is 1. The first kappa shape index (κ1) is 19.9. The molecule has 3 aromatic rings. The van der Waals surface area contributed by atoms with Crippen LogP contribution in [0.15, 0.2) is 59.2 Å². The summed E-state index contributed by atoms with van der Waals surface area (Å²) in [5.41, 5.74) is 2.38. The first-order valence-corrected chi connectivity index (χ1v) is 9.74. The first-order valence-electron chi connectivity index (χ1n) is 8.95.